The normalized spacial score (nSPS) is 22.1. The molecule has 0 amide bonds. The zero-order valence-corrected chi connectivity index (χ0v) is 12.5. The van der Waals surface area contributed by atoms with Crippen molar-refractivity contribution in [2.24, 2.45) is 12.5 Å². The topological polar surface area (TPSA) is 35.6 Å². The Hall–Kier alpha value is -1.81. The van der Waals surface area contributed by atoms with Crippen LogP contribution in [-0.4, -0.2) is 19.6 Å². The summed E-state index contributed by atoms with van der Waals surface area (Å²) < 4.78 is 3.74. The van der Waals surface area contributed by atoms with Crippen LogP contribution < -0.4 is 0 Å². The highest BCUT2D eigenvalue weighted by Crippen LogP contribution is 2.75. The Kier molecular flexibility index (Phi) is 2.07. The smallest absolute Gasteiger partial charge is 0.103 e. The predicted molar refractivity (Wildman–Crippen MR) is 81.9 cm³/mol. The third kappa shape index (κ3) is 1.62. The summed E-state index contributed by atoms with van der Waals surface area (Å²) in [6.07, 6.45) is 9.72. The molecule has 2 heterocycles. The molecule has 21 heavy (non-hydrogen) atoms. The second kappa shape index (κ2) is 3.69. The van der Waals surface area contributed by atoms with E-state index in [1.165, 1.54) is 24.8 Å². The molecule has 0 radical (unpaired) electrons. The van der Waals surface area contributed by atoms with Crippen molar-refractivity contribution < 1.29 is 0 Å². The van der Waals surface area contributed by atoms with Crippen LogP contribution in [0, 0.1) is 5.41 Å². The lowest BCUT2D eigenvalue weighted by molar-refractivity contribution is 0.766. The van der Waals surface area contributed by atoms with E-state index in [9.17, 15) is 0 Å². The van der Waals surface area contributed by atoms with Crippen molar-refractivity contribution in [3.05, 3.63) is 41.3 Å². The summed E-state index contributed by atoms with van der Waals surface area (Å²) >= 11 is 6.50. The number of aromatic nitrogens is 4. The van der Waals surface area contributed by atoms with Crippen LogP contribution >= 0.6 is 11.6 Å². The monoisotopic (exact) mass is 298 g/mol. The van der Waals surface area contributed by atoms with E-state index in [1.807, 2.05) is 30.3 Å². The first-order valence-electron chi connectivity index (χ1n) is 7.32. The molecule has 106 valence electrons. The molecular weight excluding hydrogens is 284 g/mol. The summed E-state index contributed by atoms with van der Waals surface area (Å²) in [5.74, 6) is 0.659. The molecule has 1 aromatic carbocycles. The van der Waals surface area contributed by atoms with Gasteiger partial charge in [0.15, 0.2) is 0 Å². The molecule has 5 heteroatoms. The Morgan fingerprint density at radius 3 is 2.76 bits per heavy atom. The van der Waals surface area contributed by atoms with Gasteiger partial charge < -0.3 is 0 Å². The second-order valence-corrected chi connectivity index (χ2v) is 6.89. The number of rotatable bonds is 2. The highest BCUT2D eigenvalue weighted by atomic mass is 35.5. The number of hydrogen-bond acceptors (Lipinski definition) is 2. The molecule has 2 fully saturated rings. The van der Waals surface area contributed by atoms with Gasteiger partial charge in [0.05, 0.1) is 24.1 Å². The van der Waals surface area contributed by atoms with Gasteiger partial charge in [-0.3, -0.25) is 4.68 Å². The molecule has 2 aromatic heterocycles. The van der Waals surface area contributed by atoms with Crippen molar-refractivity contribution in [1.82, 2.24) is 19.6 Å². The van der Waals surface area contributed by atoms with E-state index in [4.69, 9.17) is 11.6 Å². The summed E-state index contributed by atoms with van der Waals surface area (Å²) in [7, 11) is 1.92. The van der Waals surface area contributed by atoms with Gasteiger partial charge in [0.2, 0.25) is 0 Å². The quantitative estimate of drug-likeness (QED) is 0.723. The van der Waals surface area contributed by atoms with Gasteiger partial charge in [-0.2, -0.15) is 10.2 Å². The minimum atomic E-state index is 0.608. The van der Waals surface area contributed by atoms with Crippen LogP contribution in [0.1, 0.15) is 30.7 Å². The lowest BCUT2D eigenvalue weighted by Gasteiger charge is -2.06. The number of benzene rings is 1. The number of halogens is 1. The maximum atomic E-state index is 6.50. The van der Waals surface area contributed by atoms with Crippen LogP contribution in [0.2, 0.25) is 5.02 Å². The average Bonchev–Trinajstić information content (AvgIpc) is 3.29. The van der Waals surface area contributed by atoms with E-state index >= 15 is 0 Å². The summed E-state index contributed by atoms with van der Waals surface area (Å²) in [4.78, 5) is 0. The molecular formula is C16H15ClN4. The number of hydrogen-bond donors (Lipinski definition) is 0. The van der Waals surface area contributed by atoms with E-state index in [1.54, 1.807) is 4.68 Å². The fourth-order valence-corrected chi connectivity index (χ4v) is 3.86. The molecule has 2 aliphatic rings. The van der Waals surface area contributed by atoms with Gasteiger partial charge in [0.1, 0.15) is 5.69 Å². The fraction of sp³-hybridized carbons (Fsp3) is 0.375. The minimum Gasteiger partial charge on any atom is -0.274 e. The Balaban J connectivity index is 1.69. The van der Waals surface area contributed by atoms with Crippen LogP contribution in [0.3, 0.4) is 0 Å². The van der Waals surface area contributed by atoms with Gasteiger partial charge in [-0.05, 0) is 48.3 Å². The van der Waals surface area contributed by atoms with E-state index in [-0.39, 0.29) is 0 Å². The molecule has 0 bridgehead atoms. The summed E-state index contributed by atoms with van der Waals surface area (Å²) in [5, 5.41) is 10.7. The molecule has 1 atom stereocenters. The Bertz CT molecular complexity index is 872. The lowest BCUT2D eigenvalue weighted by atomic mass is 10.1. The zero-order chi connectivity index (χ0) is 14.2. The van der Waals surface area contributed by atoms with Gasteiger partial charge in [0, 0.05) is 17.5 Å². The third-order valence-electron chi connectivity index (χ3n) is 5.08. The van der Waals surface area contributed by atoms with E-state index in [2.05, 4.69) is 22.3 Å². The van der Waals surface area contributed by atoms with Gasteiger partial charge in [0.25, 0.3) is 0 Å². The van der Waals surface area contributed by atoms with Crippen molar-refractivity contribution in [2.75, 3.05) is 0 Å². The Morgan fingerprint density at radius 1 is 1.24 bits per heavy atom. The van der Waals surface area contributed by atoms with Crippen molar-refractivity contribution in [3.8, 4) is 5.69 Å². The first-order chi connectivity index (χ1) is 10.2. The largest absolute Gasteiger partial charge is 0.274 e. The third-order valence-corrected chi connectivity index (χ3v) is 5.41. The van der Waals surface area contributed by atoms with Gasteiger partial charge in [-0.25, -0.2) is 4.68 Å². The highest BCUT2D eigenvalue weighted by molar-refractivity contribution is 6.32. The van der Waals surface area contributed by atoms with Crippen molar-refractivity contribution in [3.63, 3.8) is 0 Å². The van der Waals surface area contributed by atoms with Crippen molar-refractivity contribution in [1.29, 1.82) is 0 Å². The first kappa shape index (κ1) is 11.8. The molecule has 2 saturated carbocycles. The maximum absolute atomic E-state index is 6.50. The summed E-state index contributed by atoms with van der Waals surface area (Å²) in [6.45, 7) is 0. The van der Waals surface area contributed by atoms with Gasteiger partial charge in [-0.15, -0.1) is 0 Å². The van der Waals surface area contributed by atoms with Crippen molar-refractivity contribution >= 4 is 22.5 Å². The summed E-state index contributed by atoms with van der Waals surface area (Å²) in [6, 6.07) is 4.29. The van der Waals surface area contributed by atoms with E-state index < -0.39 is 0 Å². The first-order valence-corrected chi connectivity index (χ1v) is 7.70. The number of fused-ring (bicyclic) bond motifs is 1. The van der Waals surface area contributed by atoms with Crippen LogP contribution in [0.5, 0.6) is 0 Å². The van der Waals surface area contributed by atoms with Crippen LogP contribution in [0.15, 0.2) is 30.7 Å². The van der Waals surface area contributed by atoms with E-state index in [0.717, 1.165) is 21.6 Å². The standard InChI is InChI=1S/C16H15ClN4/c1-20-9-11(8-18-20)21-15-5-12(13-6-16(13)2-3-16)14(17)4-10(15)7-19-21/h4-5,7-9,13H,2-3,6H2,1H3/t13-/m0/s1. The number of aryl methyl sites for hydroxylation is 1. The molecule has 5 rings (SSSR count). The Morgan fingerprint density at radius 2 is 2.10 bits per heavy atom. The van der Waals surface area contributed by atoms with Crippen LogP contribution in [-0.2, 0) is 7.05 Å². The summed E-state index contributed by atoms with van der Waals surface area (Å²) in [5.41, 5.74) is 4.01. The lowest BCUT2D eigenvalue weighted by Crippen LogP contribution is -1.95. The fourth-order valence-electron chi connectivity index (χ4n) is 3.55. The average molecular weight is 299 g/mol. The molecule has 1 spiro atoms. The van der Waals surface area contributed by atoms with Crippen LogP contribution in [0.25, 0.3) is 16.6 Å². The number of nitrogens with zero attached hydrogens (tertiary/aromatic N) is 4. The molecule has 0 unspecified atom stereocenters. The molecule has 0 aliphatic heterocycles. The molecule has 0 saturated heterocycles. The molecule has 3 aromatic rings. The highest BCUT2D eigenvalue weighted by Gasteiger charge is 2.63. The van der Waals surface area contributed by atoms with Crippen LogP contribution in [0.4, 0.5) is 0 Å². The van der Waals surface area contributed by atoms with Crippen molar-refractivity contribution in [2.45, 2.75) is 25.2 Å². The van der Waals surface area contributed by atoms with Gasteiger partial charge >= 0.3 is 0 Å². The molecule has 2 aliphatic carbocycles. The minimum absolute atomic E-state index is 0.608. The predicted octanol–water partition coefficient (Wildman–Crippen LogP) is 3.68. The molecule has 4 nitrogen and oxygen atoms in total. The zero-order valence-electron chi connectivity index (χ0n) is 11.8. The second-order valence-electron chi connectivity index (χ2n) is 6.48. The SMILES string of the molecule is Cn1cc(-n2ncc3cc(Cl)c([C@@H]4CC45CC5)cc32)cn1. The molecule has 0 N–H and O–H groups in total. The van der Waals surface area contributed by atoms with Gasteiger partial charge in [-0.1, -0.05) is 11.6 Å². The maximum Gasteiger partial charge on any atom is 0.103 e. The Labute approximate surface area is 127 Å². The van der Waals surface area contributed by atoms with E-state index in [0.29, 0.717) is 11.3 Å².